The zero-order valence-electron chi connectivity index (χ0n) is 11.9. The van der Waals surface area contributed by atoms with E-state index < -0.39 is 0 Å². The van der Waals surface area contributed by atoms with Crippen LogP contribution in [0.15, 0.2) is 29.2 Å². The predicted octanol–water partition coefficient (Wildman–Crippen LogP) is 3.26. The molecule has 1 atom stereocenters. The van der Waals surface area contributed by atoms with E-state index in [4.69, 9.17) is 5.73 Å². The number of nitrogens with two attached hydrogens (primary N) is 1. The van der Waals surface area contributed by atoms with E-state index in [1.807, 2.05) is 11.8 Å². The zero-order chi connectivity index (χ0) is 13.5. The molecule has 3 heteroatoms. The monoisotopic (exact) mass is 266 g/mol. The molecule has 0 spiro atoms. The molecule has 18 heavy (non-hydrogen) atoms. The van der Waals surface area contributed by atoms with Crippen molar-refractivity contribution in [2.75, 3.05) is 6.54 Å². The van der Waals surface area contributed by atoms with Gasteiger partial charge in [-0.1, -0.05) is 39.8 Å². The summed E-state index contributed by atoms with van der Waals surface area (Å²) >= 11 is 1.90. The van der Waals surface area contributed by atoms with Crippen molar-refractivity contribution in [2.24, 2.45) is 11.7 Å². The van der Waals surface area contributed by atoms with Gasteiger partial charge in [0, 0.05) is 29.3 Å². The minimum atomic E-state index is 0.398. The van der Waals surface area contributed by atoms with Crippen LogP contribution < -0.4 is 11.1 Å². The SMILES string of the molecule is CC(C)Sc1ccc(CNC(CN)C(C)C)cc1. The number of hydrogen-bond donors (Lipinski definition) is 2. The van der Waals surface area contributed by atoms with Gasteiger partial charge in [0.05, 0.1) is 0 Å². The van der Waals surface area contributed by atoms with Crippen molar-refractivity contribution >= 4 is 11.8 Å². The molecule has 0 amide bonds. The predicted molar refractivity (Wildman–Crippen MR) is 82.0 cm³/mol. The molecule has 2 nitrogen and oxygen atoms in total. The lowest BCUT2D eigenvalue weighted by Gasteiger charge is -2.20. The van der Waals surface area contributed by atoms with Crippen molar-refractivity contribution in [3.63, 3.8) is 0 Å². The fourth-order valence-corrected chi connectivity index (χ4v) is 2.64. The van der Waals surface area contributed by atoms with Gasteiger partial charge in [0.15, 0.2) is 0 Å². The smallest absolute Gasteiger partial charge is 0.0216 e. The van der Waals surface area contributed by atoms with E-state index in [9.17, 15) is 0 Å². The molecule has 1 rings (SSSR count). The summed E-state index contributed by atoms with van der Waals surface area (Å²) in [4.78, 5) is 1.34. The minimum Gasteiger partial charge on any atom is -0.329 e. The van der Waals surface area contributed by atoms with Gasteiger partial charge in [0.1, 0.15) is 0 Å². The maximum absolute atomic E-state index is 5.75. The maximum Gasteiger partial charge on any atom is 0.0216 e. The number of thioether (sulfide) groups is 1. The van der Waals surface area contributed by atoms with E-state index in [1.54, 1.807) is 0 Å². The molecule has 0 radical (unpaired) electrons. The molecule has 1 aromatic carbocycles. The first-order valence-electron chi connectivity index (χ1n) is 6.72. The summed E-state index contributed by atoms with van der Waals surface area (Å²) in [5.74, 6) is 0.575. The van der Waals surface area contributed by atoms with Gasteiger partial charge in [-0.05, 0) is 23.6 Å². The molecule has 102 valence electrons. The summed E-state index contributed by atoms with van der Waals surface area (Å²) in [7, 11) is 0. The second-order valence-corrected chi connectivity index (χ2v) is 6.93. The molecular weight excluding hydrogens is 240 g/mol. The largest absolute Gasteiger partial charge is 0.329 e. The summed E-state index contributed by atoms with van der Waals surface area (Å²) in [6.45, 7) is 10.4. The second-order valence-electron chi connectivity index (χ2n) is 5.28. The van der Waals surface area contributed by atoms with Crippen molar-refractivity contribution in [1.29, 1.82) is 0 Å². The molecule has 1 unspecified atom stereocenters. The summed E-state index contributed by atoms with van der Waals surface area (Å²) < 4.78 is 0. The number of rotatable bonds is 7. The topological polar surface area (TPSA) is 38.0 Å². The van der Waals surface area contributed by atoms with Crippen molar-refractivity contribution in [1.82, 2.24) is 5.32 Å². The molecule has 0 aliphatic heterocycles. The van der Waals surface area contributed by atoms with Crippen LogP contribution in [0.25, 0.3) is 0 Å². The second kappa shape index (κ2) is 7.82. The third-order valence-electron chi connectivity index (χ3n) is 2.92. The highest BCUT2D eigenvalue weighted by molar-refractivity contribution is 7.99. The van der Waals surface area contributed by atoms with Crippen LogP contribution >= 0.6 is 11.8 Å². The quantitative estimate of drug-likeness (QED) is 0.744. The third kappa shape index (κ3) is 5.42. The number of nitrogens with one attached hydrogen (secondary N) is 1. The van der Waals surface area contributed by atoms with E-state index in [1.165, 1.54) is 10.5 Å². The van der Waals surface area contributed by atoms with Gasteiger partial charge >= 0.3 is 0 Å². The van der Waals surface area contributed by atoms with Crippen LogP contribution in [0.5, 0.6) is 0 Å². The van der Waals surface area contributed by atoms with Gasteiger partial charge in [-0.3, -0.25) is 0 Å². The highest BCUT2D eigenvalue weighted by atomic mass is 32.2. The van der Waals surface area contributed by atoms with Gasteiger partial charge < -0.3 is 11.1 Å². The van der Waals surface area contributed by atoms with Gasteiger partial charge in [0.25, 0.3) is 0 Å². The molecule has 0 fully saturated rings. The van der Waals surface area contributed by atoms with Crippen molar-refractivity contribution in [3.05, 3.63) is 29.8 Å². The maximum atomic E-state index is 5.75. The number of benzene rings is 1. The van der Waals surface area contributed by atoms with Crippen molar-refractivity contribution in [3.8, 4) is 0 Å². The van der Waals surface area contributed by atoms with Crippen LogP contribution in [0, 0.1) is 5.92 Å². The third-order valence-corrected chi connectivity index (χ3v) is 3.94. The van der Waals surface area contributed by atoms with E-state index >= 15 is 0 Å². The Labute approximate surface area is 116 Å². The molecule has 0 aliphatic carbocycles. The van der Waals surface area contributed by atoms with Gasteiger partial charge in [-0.15, -0.1) is 11.8 Å². The van der Waals surface area contributed by atoms with Crippen molar-refractivity contribution < 1.29 is 0 Å². The van der Waals surface area contributed by atoms with Crippen LogP contribution in [0.1, 0.15) is 33.3 Å². The lowest BCUT2D eigenvalue weighted by atomic mass is 10.0. The lowest BCUT2D eigenvalue weighted by molar-refractivity contribution is 0.405. The number of hydrogen-bond acceptors (Lipinski definition) is 3. The normalized spacial score (nSPS) is 13.3. The zero-order valence-corrected chi connectivity index (χ0v) is 12.8. The lowest BCUT2D eigenvalue weighted by Crippen LogP contribution is -2.39. The Kier molecular flexibility index (Phi) is 6.76. The summed E-state index contributed by atoms with van der Waals surface area (Å²) in [5.41, 5.74) is 7.07. The molecule has 0 heterocycles. The average molecular weight is 266 g/mol. The molecule has 1 aromatic rings. The Morgan fingerprint density at radius 2 is 1.72 bits per heavy atom. The van der Waals surface area contributed by atoms with Crippen molar-refractivity contribution in [2.45, 2.75) is 50.4 Å². The Hall–Kier alpha value is -0.510. The summed E-state index contributed by atoms with van der Waals surface area (Å²) in [5, 5.41) is 4.15. The summed E-state index contributed by atoms with van der Waals surface area (Å²) in [6, 6.07) is 9.20. The first-order chi connectivity index (χ1) is 8.52. The van der Waals surface area contributed by atoms with Gasteiger partial charge in [-0.2, -0.15) is 0 Å². The molecule has 0 bridgehead atoms. The standard InChI is InChI=1S/C15H26N2S/c1-11(2)15(9-16)17-10-13-5-7-14(8-6-13)18-12(3)4/h5-8,11-12,15,17H,9-10,16H2,1-4H3. The van der Waals surface area contributed by atoms with Crippen LogP contribution in [0.4, 0.5) is 0 Å². The molecule has 0 aliphatic rings. The Balaban J connectivity index is 2.48. The summed E-state index contributed by atoms with van der Waals surface area (Å²) in [6.07, 6.45) is 0. The van der Waals surface area contributed by atoms with Gasteiger partial charge in [-0.25, -0.2) is 0 Å². The first kappa shape index (κ1) is 15.5. The van der Waals surface area contributed by atoms with E-state index in [2.05, 4.69) is 57.3 Å². The highest BCUT2D eigenvalue weighted by Crippen LogP contribution is 2.22. The molecule has 0 saturated carbocycles. The highest BCUT2D eigenvalue weighted by Gasteiger charge is 2.10. The van der Waals surface area contributed by atoms with Crippen LogP contribution in [0.3, 0.4) is 0 Å². The Morgan fingerprint density at radius 3 is 2.17 bits per heavy atom. The Morgan fingerprint density at radius 1 is 1.11 bits per heavy atom. The molecule has 0 aromatic heterocycles. The van der Waals surface area contributed by atoms with E-state index in [0.717, 1.165) is 6.54 Å². The minimum absolute atomic E-state index is 0.398. The van der Waals surface area contributed by atoms with E-state index in [-0.39, 0.29) is 0 Å². The average Bonchev–Trinajstić information content (AvgIpc) is 2.31. The van der Waals surface area contributed by atoms with Crippen LogP contribution in [-0.2, 0) is 6.54 Å². The van der Waals surface area contributed by atoms with E-state index in [0.29, 0.717) is 23.8 Å². The first-order valence-corrected chi connectivity index (χ1v) is 7.60. The Bertz CT molecular complexity index is 333. The molecule has 0 saturated heterocycles. The van der Waals surface area contributed by atoms with Crippen LogP contribution in [0.2, 0.25) is 0 Å². The fraction of sp³-hybridized carbons (Fsp3) is 0.600. The molecule has 3 N–H and O–H groups in total. The fourth-order valence-electron chi connectivity index (χ4n) is 1.80. The van der Waals surface area contributed by atoms with Crippen LogP contribution in [-0.4, -0.2) is 17.8 Å². The van der Waals surface area contributed by atoms with Gasteiger partial charge in [0.2, 0.25) is 0 Å². The molecular formula is C15H26N2S.